The van der Waals surface area contributed by atoms with Gasteiger partial charge in [0.25, 0.3) is 23.6 Å². The number of hydrogen-bond acceptors (Lipinski definition) is 14. The second kappa shape index (κ2) is 23.2. The van der Waals surface area contributed by atoms with Crippen LogP contribution < -0.4 is 21.3 Å². The number of piperidine rings is 1. The molecule has 6 amide bonds. The fourth-order valence-electron chi connectivity index (χ4n) is 7.85. The number of nitrogens with zero attached hydrogens (tertiary/aromatic N) is 3. The standard InChI is InChI=1S/C46H56N8O11/c1-30-4-3-17-53(30)29-39-50-35-12-11-33(28-37(35)51-39)49-43(57)32-9-7-31(8-10-32)42(56)48-16-19-62-21-23-64-25-27-65-26-24-63-22-20-61-18-15-47-36-6-2-5-34-41(36)46(60)54(45(34)59)38-13-14-40(55)52-44(38)58/h2,5-12,28,30,38,47H,3-4,13-27,29H2,1H3,(H,48,56)(H,49,57)(H,50,51)(H,52,55,58)/t30-,38?/m0/s1. The Morgan fingerprint density at radius 3 is 2.05 bits per heavy atom. The van der Waals surface area contributed by atoms with Crippen LogP contribution >= 0.6 is 0 Å². The minimum absolute atomic E-state index is 0.0560. The van der Waals surface area contributed by atoms with Crippen LogP contribution in [0, 0.1) is 0 Å². The molecule has 2 fully saturated rings. The summed E-state index contributed by atoms with van der Waals surface area (Å²) in [6.07, 6.45) is 2.56. The van der Waals surface area contributed by atoms with Crippen LogP contribution in [0.15, 0.2) is 60.7 Å². The van der Waals surface area contributed by atoms with E-state index < -0.39 is 29.7 Å². The maximum Gasteiger partial charge on any atom is 0.264 e. The Balaban J connectivity index is 0.658. The number of hydrogen-bond donors (Lipinski definition) is 5. The molecule has 65 heavy (non-hydrogen) atoms. The third kappa shape index (κ3) is 12.6. The van der Waals surface area contributed by atoms with E-state index in [9.17, 15) is 28.8 Å². The lowest BCUT2D eigenvalue weighted by Gasteiger charge is -2.27. The van der Waals surface area contributed by atoms with Gasteiger partial charge in [0.05, 0.1) is 94.8 Å². The van der Waals surface area contributed by atoms with Gasteiger partial charge in [0.2, 0.25) is 11.8 Å². The fourth-order valence-corrected chi connectivity index (χ4v) is 7.85. The Kier molecular flexibility index (Phi) is 16.7. The second-order valence-corrected chi connectivity index (χ2v) is 15.8. The van der Waals surface area contributed by atoms with Crippen LogP contribution in [0.5, 0.6) is 0 Å². The van der Waals surface area contributed by atoms with Gasteiger partial charge in [0, 0.05) is 48.1 Å². The molecule has 1 unspecified atom stereocenters. The van der Waals surface area contributed by atoms with E-state index in [1.165, 1.54) is 12.8 Å². The molecule has 0 aliphatic carbocycles. The van der Waals surface area contributed by atoms with Crippen molar-refractivity contribution >= 4 is 57.9 Å². The lowest BCUT2D eigenvalue weighted by molar-refractivity contribution is -0.136. The van der Waals surface area contributed by atoms with E-state index in [4.69, 9.17) is 28.7 Å². The Hall–Kier alpha value is -6.09. The van der Waals surface area contributed by atoms with Crippen molar-refractivity contribution in [3.63, 3.8) is 0 Å². The Morgan fingerprint density at radius 2 is 1.40 bits per heavy atom. The lowest BCUT2D eigenvalue weighted by Crippen LogP contribution is -2.54. The van der Waals surface area contributed by atoms with Crippen LogP contribution in [-0.4, -0.2) is 153 Å². The van der Waals surface area contributed by atoms with E-state index in [-0.39, 0.29) is 35.8 Å². The van der Waals surface area contributed by atoms with Crippen molar-refractivity contribution < 1.29 is 52.5 Å². The zero-order valence-electron chi connectivity index (χ0n) is 36.5. The van der Waals surface area contributed by atoms with Gasteiger partial charge in [-0.2, -0.15) is 0 Å². The number of ether oxygens (including phenoxy) is 5. The van der Waals surface area contributed by atoms with Gasteiger partial charge < -0.3 is 44.6 Å². The number of fused-ring (bicyclic) bond motifs is 2. The summed E-state index contributed by atoms with van der Waals surface area (Å²) < 4.78 is 27.7. The molecule has 19 nitrogen and oxygen atoms in total. The van der Waals surface area contributed by atoms with Gasteiger partial charge in [0.15, 0.2) is 0 Å². The molecule has 0 bridgehead atoms. The molecule has 0 saturated carbocycles. The van der Waals surface area contributed by atoms with Crippen molar-refractivity contribution in [3.8, 4) is 0 Å². The molecule has 7 rings (SSSR count). The van der Waals surface area contributed by atoms with Crippen LogP contribution in [0.25, 0.3) is 11.0 Å². The first-order chi connectivity index (χ1) is 31.7. The zero-order valence-corrected chi connectivity index (χ0v) is 36.5. The summed E-state index contributed by atoms with van der Waals surface area (Å²) in [7, 11) is 0. The molecule has 0 radical (unpaired) electrons. The molecule has 346 valence electrons. The number of imidazole rings is 1. The Labute approximate surface area is 376 Å². The van der Waals surface area contributed by atoms with Crippen molar-refractivity contribution in [3.05, 3.63) is 88.7 Å². The van der Waals surface area contributed by atoms with E-state index in [1.54, 1.807) is 42.5 Å². The number of carbonyl (C=O) groups is 6. The monoisotopic (exact) mass is 896 g/mol. The van der Waals surface area contributed by atoms with Gasteiger partial charge in [-0.1, -0.05) is 6.07 Å². The molecule has 3 aromatic carbocycles. The minimum Gasteiger partial charge on any atom is -0.382 e. The van der Waals surface area contributed by atoms with E-state index in [2.05, 4.69) is 38.1 Å². The summed E-state index contributed by atoms with van der Waals surface area (Å²) in [6.45, 7) is 8.42. The van der Waals surface area contributed by atoms with E-state index in [1.807, 2.05) is 18.2 Å². The predicted molar refractivity (Wildman–Crippen MR) is 238 cm³/mol. The van der Waals surface area contributed by atoms with Crippen molar-refractivity contribution in [2.75, 3.05) is 96.3 Å². The average molecular weight is 897 g/mol. The number of benzene rings is 3. The molecule has 4 aromatic rings. The largest absolute Gasteiger partial charge is 0.382 e. The van der Waals surface area contributed by atoms with Gasteiger partial charge in [-0.3, -0.25) is 43.9 Å². The van der Waals surface area contributed by atoms with Crippen molar-refractivity contribution in [1.82, 2.24) is 30.4 Å². The summed E-state index contributed by atoms with van der Waals surface area (Å²) in [4.78, 5) is 87.1. The number of carbonyl (C=O) groups excluding carboxylic acids is 6. The number of likely N-dealkylation sites (tertiary alicyclic amines) is 1. The number of amides is 6. The molecule has 5 N–H and O–H groups in total. The van der Waals surface area contributed by atoms with Crippen LogP contribution in [0.2, 0.25) is 0 Å². The van der Waals surface area contributed by atoms with Crippen LogP contribution in [0.1, 0.15) is 79.9 Å². The molecule has 1 aromatic heterocycles. The van der Waals surface area contributed by atoms with Gasteiger partial charge in [0.1, 0.15) is 11.9 Å². The summed E-state index contributed by atoms with van der Waals surface area (Å²) in [5.41, 5.74) is 4.09. The van der Waals surface area contributed by atoms with E-state index in [0.29, 0.717) is 108 Å². The molecule has 0 spiro atoms. The maximum absolute atomic E-state index is 13.2. The van der Waals surface area contributed by atoms with Gasteiger partial charge in [-0.05, 0) is 87.3 Å². The van der Waals surface area contributed by atoms with Gasteiger partial charge in [-0.25, -0.2) is 4.98 Å². The summed E-state index contributed by atoms with van der Waals surface area (Å²) in [6, 6.07) is 16.5. The zero-order chi connectivity index (χ0) is 45.5. The SMILES string of the molecule is C[C@H]1CCCN1Cc1nc2cc(NC(=O)c3ccc(C(=O)NCCOCCOCCOCCOCCOCCNc4cccc5c4C(=O)N(C4CCC(=O)NC4=O)C5=O)cc3)ccc2[nH]1. The number of aromatic nitrogens is 2. The first-order valence-corrected chi connectivity index (χ1v) is 22.1. The number of imide groups is 2. The molecule has 19 heteroatoms. The van der Waals surface area contributed by atoms with Crippen LogP contribution in [0.3, 0.4) is 0 Å². The summed E-state index contributed by atoms with van der Waals surface area (Å²) in [5.74, 6) is -1.84. The van der Waals surface area contributed by atoms with Crippen LogP contribution in [-0.2, 0) is 39.8 Å². The average Bonchev–Trinajstić information content (AvgIpc) is 3.98. The van der Waals surface area contributed by atoms with Crippen molar-refractivity contribution in [2.45, 2.75) is 51.2 Å². The van der Waals surface area contributed by atoms with E-state index >= 15 is 0 Å². The Morgan fingerprint density at radius 1 is 0.754 bits per heavy atom. The highest BCUT2D eigenvalue weighted by atomic mass is 16.6. The molecule has 2 saturated heterocycles. The quantitative estimate of drug-likeness (QED) is 0.0476. The van der Waals surface area contributed by atoms with Crippen molar-refractivity contribution in [1.29, 1.82) is 0 Å². The fraction of sp³-hybridized carbons (Fsp3) is 0.457. The highest BCUT2D eigenvalue weighted by Crippen LogP contribution is 2.32. The number of H-pyrrole nitrogens is 1. The summed E-state index contributed by atoms with van der Waals surface area (Å²) in [5, 5.41) is 11.1. The molecule has 3 aliphatic rings. The smallest absolute Gasteiger partial charge is 0.264 e. The van der Waals surface area contributed by atoms with E-state index in [0.717, 1.165) is 34.8 Å². The number of aromatic amines is 1. The lowest BCUT2D eigenvalue weighted by atomic mass is 10.0. The molecular formula is C46H56N8O11. The first-order valence-electron chi connectivity index (χ1n) is 22.1. The van der Waals surface area contributed by atoms with Gasteiger partial charge in [-0.15, -0.1) is 0 Å². The maximum atomic E-state index is 13.2. The topological polar surface area (TPSA) is 232 Å². The molecule has 4 heterocycles. The predicted octanol–water partition coefficient (Wildman–Crippen LogP) is 3.13. The third-order valence-electron chi connectivity index (χ3n) is 11.3. The molecule has 2 atom stereocenters. The second-order valence-electron chi connectivity index (χ2n) is 15.8. The molecule has 3 aliphatic heterocycles. The number of rotatable bonds is 25. The first kappa shape index (κ1) is 46.9. The minimum atomic E-state index is -1.02. The summed E-state index contributed by atoms with van der Waals surface area (Å²) >= 11 is 0. The third-order valence-corrected chi connectivity index (χ3v) is 11.3. The van der Waals surface area contributed by atoms with Gasteiger partial charge >= 0.3 is 0 Å². The Bertz CT molecular complexity index is 2320. The normalized spacial score (nSPS) is 17.5. The highest BCUT2D eigenvalue weighted by Gasteiger charge is 2.45. The highest BCUT2D eigenvalue weighted by molar-refractivity contribution is 6.25. The number of nitrogens with one attached hydrogen (secondary N) is 5. The van der Waals surface area contributed by atoms with Crippen LogP contribution in [0.4, 0.5) is 11.4 Å². The molecular weight excluding hydrogens is 841 g/mol. The van der Waals surface area contributed by atoms with Crippen molar-refractivity contribution in [2.24, 2.45) is 0 Å². The number of anilines is 2.